The van der Waals surface area contributed by atoms with Gasteiger partial charge in [-0.15, -0.1) is 24.3 Å². The Kier molecular flexibility index (Phi) is 16.4. The van der Waals surface area contributed by atoms with E-state index in [1.54, 1.807) is 55.6 Å². The number of ether oxygens (including phenoxy) is 2. The first-order valence-corrected chi connectivity index (χ1v) is 8.73. The Balaban J connectivity index is 0.000000606. The molecule has 0 saturated carbocycles. The third kappa shape index (κ3) is 15.0. The van der Waals surface area contributed by atoms with Gasteiger partial charge in [0.25, 0.3) is 0 Å². The van der Waals surface area contributed by atoms with Gasteiger partial charge in [0.2, 0.25) is 0 Å². The van der Waals surface area contributed by atoms with Gasteiger partial charge in [-0.25, -0.2) is 0 Å². The Hall–Kier alpha value is -1.57. The zero-order valence-electron chi connectivity index (χ0n) is 17.4. The molecule has 0 aliphatic rings. The first kappa shape index (κ1) is 27.4. The second-order valence-electron chi connectivity index (χ2n) is 5.97. The molecule has 0 spiro atoms. The van der Waals surface area contributed by atoms with E-state index in [0.717, 1.165) is 12.1 Å². The predicted molar refractivity (Wildman–Crippen MR) is 107 cm³/mol. The van der Waals surface area contributed by atoms with Crippen LogP contribution < -0.4 is 9.62 Å². The SMILES string of the molecule is CC(=O)Oc1cc[c-]cc1.COC/C(=C\CN(C)C)COOc1cc[c-]cc1.[Y]. The van der Waals surface area contributed by atoms with Crippen molar-refractivity contribution in [2.75, 3.05) is 41.0 Å². The minimum absolute atomic E-state index is 0. The summed E-state index contributed by atoms with van der Waals surface area (Å²) in [5.74, 6) is 0.926. The number of carbonyl (C=O) groups is 1. The second kappa shape index (κ2) is 17.3. The van der Waals surface area contributed by atoms with Crippen LogP contribution in [0.3, 0.4) is 0 Å². The monoisotopic (exact) mass is 474 g/mol. The number of esters is 1. The van der Waals surface area contributed by atoms with Crippen molar-refractivity contribution in [3.8, 4) is 11.5 Å². The molecule has 7 heteroatoms. The van der Waals surface area contributed by atoms with E-state index >= 15 is 0 Å². The van der Waals surface area contributed by atoms with Crippen molar-refractivity contribution >= 4 is 5.97 Å². The Bertz CT molecular complexity index is 693. The molecule has 0 atom stereocenters. The first-order valence-electron chi connectivity index (χ1n) is 8.73. The molecule has 0 saturated heterocycles. The maximum absolute atomic E-state index is 10.4. The molecule has 0 bridgehead atoms. The Morgan fingerprint density at radius 3 is 2.03 bits per heavy atom. The molecule has 0 aliphatic carbocycles. The van der Waals surface area contributed by atoms with Gasteiger partial charge in [-0.1, -0.05) is 6.08 Å². The van der Waals surface area contributed by atoms with Crippen LogP contribution in [0.1, 0.15) is 6.92 Å². The molecule has 29 heavy (non-hydrogen) atoms. The summed E-state index contributed by atoms with van der Waals surface area (Å²) in [6, 6.07) is 19.6. The van der Waals surface area contributed by atoms with Gasteiger partial charge < -0.3 is 19.3 Å². The summed E-state index contributed by atoms with van der Waals surface area (Å²) in [5.41, 5.74) is 1.05. The van der Waals surface area contributed by atoms with Crippen molar-refractivity contribution in [1.82, 2.24) is 4.90 Å². The molecular formula is C22H27NO5Y-2. The van der Waals surface area contributed by atoms with Crippen molar-refractivity contribution < 1.29 is 56.8 Å². The minimum Gasteiger partial charge on any atom is -0.453 e. The van der Waals surface area contributed by atoms with Gasteiger partial charge in [0.05, 0.1) is 12.4 Å². The summed E-state index contributed by atoms with van der Waals surface area (Å²) >= 11 is 0. The van der Waals surface area contributed by atoms with Gasteiger partial charge in [0, 0.05) is 59.0 Å². The van der Waals surface area contributed by atoms with E-state index < -0.39 is 0 Å². The zero-order chi connectivity index (χ0) is 20.6. The summed E-state index contributed by atoms with van der Waals surface area (Å²) in [6.45, 7) is 3.15. The van der Waals surface area contributed by atoms with Gasteiger partial charge in [0.15, 0.2) is 0 Å². The second-order valence-corrected chi connectivity index (χ2v) is 5.97. The average Bonchev–Trinajstić information content (AvgIpc) is 2.68. The summed E-state index contributed by atoms with van der Waals surface area (Å²) in [6.07, 6.45) is 2.08. The summed E-state index contributed by atoms with van der Waals surface area (Å²) in [4.78, 5) is 22.8. The number of nitrogens with zero attached hydrogens (tertiary/aromatic N) is 1. The molecule has 0 fully saturated rings. The topological polar surface area (TPSA) is 57.2 Å². The van der Waals surface area contributed by atoms with Crippen molar-refractivity contribution in [2.45, 2.75) is 6.92 Å². The molecule has 0 aromatic heterocycles. The zero-order valence-corrected chi connectivity index (χ0v) is 20.2. The summed E-state index contributed by atoms with van der Waals surface area (Å²) < 4.78 is 9.87. The van der Waals surface area contributed by atoms with Gasteiger partial charge in [0.1, 0.15) is 6.61 Å². The van der Waals surface area contributed by atoms with Crippen LogP contribution in [0.25, 0.3) is 0 Å². The number of hydrogen-bond donors (Lipinski definition) is 0. The molecule has 6 nitrogen and oxygen atoms in total. The molecule has 2 rings (SSSR count). The summed E-state index contributed by atoms with van der Waals surface area (Å²) in [5, 5.41) is 0. The van der Waals surface area contributed by atoms with Crippen LogP contribution >= 0.6 is 0 Å². The van der Waals surface area contributed by atoms with Gasteiger partial charge in [-0.3, -0.25) is 4.79 Å². The fourth-order valence-electron chi connectivity index (χ4n) is 1.86. The van der Waals surface area contributed by atoms with E-state index in [2.05, 4.69) is 23.1 Å². The van der Waals surface area contributed by atoms with Crippen LogP contribution in [0.2, 0.25) is 0 Å². The minimum atomic E-state index is -0.300. The number of rotatable bonds is 9. The van der Waals surface area contributed by atoms with Crippen LogP contribution in [0, 0.1) is 12.1 Å². The third-order valence-electron chi connectivity index (χ3n) is 3.11. The van der Waals surface area contributed by atoms with E-state index in [4.69, 9.17) is 19.2 Å². The molecule has 2 aromatic carbocycles. The molecule has 155 valence electrons. The third-order valence-corrected chi connectivity index (χ3v) is 3.11. The van der Waals surface area contributed by atoms with E-state index in [1.807, 2.05) is 14.1 Å². The Morgan fingerprint density at radius 2 is 1.55 bits per heavy atom. The number of benzene rings is 2. The van der Waals surface area contributed by atoms with Crippen LogP contribution in [0.4, 0.5) is 0 Å². The van der Waals surface area contributed by atoms with Crippen molar-refractivity contribution in [2.24, 2.45) is 0 Å². The van der Waals surface area contributed by atoms with Crippen LogP contribution in [0.15, 0.2) is 60.2 Å². The van der Waals surface area contributed by atoms with E-state index in [9.17, 15) is 4.79 Å². The molecule has 0 amide bonds. The number of carbonyl (C=O) groups excluding carboxylic acids is 1. The maximum atomic E-state index is 10.4. The number of methoxy groups -OCH3 is 1. The maximum Gasteiger partial charge on any atom is 0.305 e. The molecular weight excluding hydrogens is 447 g/mol. The summed E-state index contributed by atoms with van der Waals surface area (Å²) in [7, 11) is 5.69. The average molecular weight is 474 g/mol. The van der Waals surface area contributed by atoms with Crippen molar-refractivity contribution in [3.05, 3.63) is 72.3 Å². The van der Waals surface area contributed by atoms with Crippen molar-refractivity contribution in [3.63, 3.8) is 0 Å². The smallest absolute Gasteiger partial charge is 0.305 e. The molecule has 0 unspecified atom stereocenters. The van der Waals surface area contributed by atoms with Gasteiger partial charge >= 0.3 is 5.97 Å². The fraction of sp³-hybridized carbons (Fsp3) is 0.318. The quantitative estimate of drug-likeness (QED) is 0.139. The number of hydrogen-bond acceptors (Lipinski definition) is 6. The van der Waals surface area contributed by atoms with Gasteiger partial charge in [-0.2, -0.15) is 41.3 Å². The largest absolute Gasteiger partial charge is 0.453 e. The molecule has 1 radical (unpaired) electrons. The fourth-order valence-corrected chi connectivity index (χ4v) is 1.86. The first-order chi connectivity index (χ1) is 13.5. The van der Waals surface area contributed by atoms with Gasteiger partial charge in [-0.05, 0) is 19.7 Å². The molecule has 2 aromatic rings. The normalized spacial score (nSPS) is 10.4. The van der Waals surface area contributed by atoms with Crippen LogP contribution in [-0.4, -0.2) is 51.8 Å². The Morgan fingerprint density at radius 1 is 1.00 bits per heavy atom. The standard InChI is InChI=1S/C14H20NO3.C8H7O2.Y/c1-15(2)10-9-13(11-16-3)12-17-18-14-7-5-4-6-8-14;1-7(9)10-8-5-3-2-4-6-8;/h5-9H,10-12H2,1-3H3;3-6H,1H3;/q2*-1;/b13-9+;;. The van der Waals surface area contributed by atoms with Crippen LogP contribution in [-0.2, 0) is 47.1 Å². The molecule has 0 N–H and O–H groups in total. The molecule has 0 aliphatic heterocycles. The number of likely N-dealkylation sites (N-methyl/N-ethyl adjacent to an activating group) is 1. The van der Waals surface area contributed by atoms with E-state index in [-0.39, 0.29) is 38.7 Å². The Labute approximate surface area is 198 Å². The van der Waals surface area contributed by atoms with E-state index in [0.29, 0.717) is 24.7 Å². The predicted octanol–water partition coefficient (Wildman–Crippen LogP) is 3.34. The van der Waals surface area contributed by atoms with Crippen molar-refractivity contribution in [1.29, 1.82) is 0 Å². The molecule has 0 heterocycles. The van der Waals surface area contributed by atoms with E-state index in [1.165, 1.54) is 6.92 Å². The van der Waals surface area contributed by atoms with Crippen LogP contribution in [0.5, 0.6) is 11.5 Å².